The maximum Gasteiger partial charge on any atom is 0.278 e. The van der Waals surface area contributed by atoms with Gasteiger partial charge in [-0.2, -0.15) is 14.3 Å². The van der Waals surface area contributed by atoms with Gasteiger partial charge in [0.05, 0.1) is 0 Å². The first-order chi connectivity index (χ1) is 12.8. The molecule has 0 aliphatic heterocycles. The van der Waals surface area contributed by atoms with Crippen molar-refractivity contribution in [2.24, 2.45) is 0 Å². The number of nitrogens with zero attached hydrogens (tertiary/aromatic N) is 10. The van der Waals surface area contributed by atoms with Gasteiger partial charge in [-0.3, -0.25) is 0 Å². The number of hydrogen-bond acceptors (Lipinski definition) is 9. The second kappa shape index (κ2) is 5.39. The number of halogens is 1. The van der Waals surface area contributed by atoms with Crippen LogP contribution in [0.25, 0.3) is 34.1 Å². The molecule has 12 heteroatoms. The quantitative estimate of drug-likeness (QED) is 0.425. The predicted molar refractivity (Wildman–Crippen MR) is 88.5 cm³/mol. The second-order valence-corrected chi connectivity index (χ2v) is 6.09. The van der Waals surface area contributed by atoms with Crippen molar-refractivity contribution in [1.29, 1.82) is 5.26 Å². The third-order valence-corrected chi connectivity index (χ3v) is 4.32. The number of fused-ring (bicyclic) bond motifs is 3. The van der Waals surface area contributed by atoms with Crippen molar-refractivity contribution in [3.05, 3.63) is 40.7 Å². The van der Waals surface area contributed by atoms with E-state index in [4.69, 9.17) is 4.42 Å². The number of aromatic nitrogens is 9. The summed E-state index contributed by atoms with van der Waals surface area (Å²) in [5, 5.41) is 32.6. The van der Waals surface area contributed by atoms with E-state index in [0.717, 1.165) is 10.0 Å². The van der Waals surface area contributed by atoms with Crippen LogP contribution in [0.15, 0.2) is 39.5 Å². The minimum Gasteiger partial charge on any atom is -0.443 e. The summed E-state index contributed by atoms with van der Waals surface area (Å²) in [7, 11) is 0. The molecule has 0 bridgehead atoms. The highest BCUT2D eigenvalue weighted by Gasteiger charge is 2.25. The van der Waals surface area contributed by atoms with Gasteiger partial charge in [-0.15, -0.1) is 5.10 Å². The molecule has 0 aliphatic rings. The molecule has 124 valence electrons. The first-order valence-corrected chi connectivity index (χ1v) is 7.99. The Balaban J connectivity index is 1.88. The van der Waals surface area contributed by atoms with Crippen LogP contribution in [0.4, 0.5) is 0 Å². The van der Waals surface area contributed by atoms with Gasteiger partial charge in [0, 0.05) is 10.0 Å². The largest absolute Gasteiger partial charge is 0.443 e. The summed E-state index contributed by atoms with van der Waals surface area (Å²) in [4.78, 5) is 4.29. The van der Waals surface area contributed by atoms with Crippen LogP contribution in [0.5, 0.6) is 0 Å². The lowest BCUT2D eigenvalue weighted by atomic mass is 10.1. The van der Waals surface area contributed by atoms with Crippen LogP contribution in [0.1, 0.15) is 5.56 Å². The van der Waals surface area contributed by atoms with Gasteiger partial charge in [-0.25, -0.2) is 4.98 Å². The Labute approximate surface area is 152 Å². The van der Waals surface area contributed by atoms with Gasteiger partial charge in [0.15, 0.2) is 12.2 Å². The fourth-order valence-electron chi connectivity index (χ4n) is 2.69. The smallest absolute Gasteiger partial charge is 0.278 e. The van der Waals surface area contributed by atoms with Crippen molar-refractivity contribution in [3.63, 3.8) is 0 Å². The Kier molecular flexibility index (Phi) is 3.03. The maximum atomic E-state index is 9.72. The van der Waals surface area contributed by atoms with Gasteiger partial charge in [-0.05, 0) is 33.0 Å². The van der Waals surface area contributed by atoms with Crippen LogP contribution in [0.2, 0.25) is 0 Å². The fourth-order valence-corrected chi connectivity index (χ4v) is 2.96. The molecule has 0 radical (unpaired) electrons. The SMILES string of the molecule is N#Cc1c(-c2ncoc2-c2ccc(Br)cc2)n2nnnc2n2nnnc12. The van der Waals surface area contributed by atoms with Gasteiger partial charge >= 0.3 is 0 Å². The molecule has 0 saturated heterocycles. The number of benzene rings is 1. The summed E-state index contributed by atoms with van der Waals surface area (Å²) in [6.45, 7) is 0. The molecule has 0 saturated carbocycles. The highest BCUT2D eigenvalue weighted by atomic mass is 79.9. The molecule has 0 fully saturated rings. The molecule has 0 spiro atoms. The molecule has 0 amide bonds. The van der Waals surface area contributed by atoms with Crippen molar-refractivity contribution in [2.75, 3.05) is 0 Å². The molecule has 0 aliphatic carbocycles. The Morgan fingerprint density at radius 1 is 1.04 bits per heavy atom. The van der Waals surface area contributed by atoms with Crippen molar-refractivity contribution >= 4 is 27.4 Å². The van der Waals surface area contributed by atoms with Crippen LogP contribution in [0, 0.1) is 11.3 Å². The van der Waals surface area contributed by atoms with E-state index in [2.05, 4.69) is 58.0 Å². The van der Waals surface area contributed by atoms with Crippen LogP contribution in [0.3, 0.4) is 0 Å². The van der Waals surface area contributed by atoms with E-state index < -0.39 is 0 Å². The Bertz CT molecular complexity index is 1310. The summed E-state index contributed by atoms with van der Waals surface area (Å²) in [5.74, 6) is 0.728. The third kappa shape index (κ3) is 1.94. The van der Waals surface area contributed by atoms with Crippen LogP contribution >= 0.6 is 15.9 Å². The van der Waals surface area contributed by atoms with E-state index in [1.165, 1.54) is 15.4 Å². The molecular formula is C14H5BrN10O. The van der Waals surface area contributed by atoms with Crippen molar-refractivity contribution < 1.29 is 4.42 Å². The highest BCUT2D eigenvalue weighted by molar-refractivity contribution is 9.10. The number of hydrogen-bond donors (Lipinski definition) is 0. The lowest BCUT2D eigenvalue weighted by molar-refractivity contribution is 0.572. The van der Waals surface area contributed by atoms with Crippen LogP contribution in [-0.4, -0.2) is 45.1 Å². The second-order valence-electron chi connectivity index (χ2n) is 5.18. The van der Waals surface area contributed by atoms with Crippen LogP contribution < -0.4 is 0 Å². The van der Waals surface area contributed by atoms with E-state index in [9.17, 15) is 5.26 Å². The number of tetrazole rings is 2. The van der Waals surface area contributed by atoms with Crippen molar-refractivity contribution in [2.45, 2.75) is 0 Å². The summed E-state index contributed by atoms with van der Waals surface area (Å²) in [6, 6.07) is 9.61. The van der Waals surface area contributed by atoms with E-state index in [1.54, 1.807) is 0 Å². The van der Waals surface area contributed by atoms with E-state index >= 15 is 0 Å². The monoisotopic (exact) mass is 408 g/mol. The van der Waals surface area contributed by atoms with Crippen molar-refractivity contribution in [1.82, 2.24) is 45.1 Å². The normalized spacial score (nSPS) is 11.2. The fraction of sp³-hybridized carbons (Fsp3) is 0. The maximum absolute atomic E-state index is 9.72. The summed E-state index contributed by atoms with van der Waals surface area (Å²) in [6.07, 6.45) is 1.30. The molecule has 5 rings (SSSR count). The van der Waals surface area contributed by atoms with E-state index in [1.807, 2.05) is 24.3 Å². The molecule has 0 atom stereocenters. The molecule has 0 unspecified atom stereocenters. The van der Waals surface area contributed by atoms with E-state index in [0.29, 0.717) is 17.1 Å². The zero-order valence-corrected chi connectivity index (χ0v) is 14.2. The Morgan fingerprint density at radius 2 is 1.81 bits per heavy atom. The molecule has 5 aromatic rings. The highest BCUT2D eigenvalue weighted by Crippen LogP contribution is 2.34. The molecule has 1 aromatic carbocycles. The van der Waals surface area contributed by atoms with Gasteiger partial charge in [-0.1, -0.05) is 33.2 Å². The van der Waals surface area contributed by atoms with Crippen molar-refractivity contribution in [3.8, 4) is 28.8 Å². The summed E-state index contributed by atoms with van der Waals surface area (Å²) >= 11 is 3.40. The average molecular weight is 409 g/mol. The molecule has 4 aromatic heterocycles. The summed E-state index contributed by atoms with van der Waals surface area (Å²) < 4.78 is 9.17. The topological polar surface area (TPSA) is 136 Å². The minimum absolute atomic E-state index is 0.182. The molecule has 4 heterocycles. The lowest BCUT2D eigenvalue weighted by Gasteiger charge is -2.06. The van der Waals surface area contributed by atoms with E-state index in [-0.39, 0.29) is 17.0 Å². The Hall–Kier alpha value is -3.72. The van der Waals surface area contributed by atoms with Gasteiger partial charge in [0.25, 0.3) is 5.78 Å². The Morgan fingerprint density at radius 3 is 2.62 bits per heavy atom. The number of rotatable bonds is 2. The molecular weight excluding hydrogens is 404 g/mol. The summed E-state index contributed by atoms with van der Waals surface area (Å²) in [5.41, 5.74) is 1.95. The average Bonchev–Trinajstić information content (AvgIpc) is 3.39. The molecule has 11 nitrogen and oxygen atoms in total. The first-order valence-electron chi connectivity index (χ1n) is 7.20. The number of nitriles is 1. The molecule has 26 heavy (non-hydrogen) atoms. The molecule has 0 N–H and O–H groups in total. The van der Waals surface area contributed by atoms with Gasteiger partial charge in [0.1, 0.15) is 23.0 Å². The number of oxazole rings is 1. The van der Waals surface area contributed by atoms with Gasteiger partial charge < -0.3 is 4.42 Å². The standard InChI is InChI=1S/C14H5BrN10O/c15-8-3-1-7(2-4-8)12-10(17-6-26-12)11-9(5-16)13-18-20-23-25(13)14-19-21-22-24(11)14/h1-4,6H. The zero-order valence-electron chi connectivity index (χ0n) is 12.6. The predicted octanol–water partition coefficient (Wildman–Crippen LogP) is 1.52. The lowest BCUT2D eigenvalue weighted by Crippen LogP contribution is -2.06. The first kappa shape index (κ1) is 14.6. The third-order valence-electron chi connectivity index (χ3n) is 3.79. The minimum atomic E-state index is 0.182. The van der Waals surface area contributed by atoms with Gasteiger partial charge in [0.2, 0.25) is 5.65 Å². The zero-order chi connectivity index (χ0) is 17.7. The van der Waals surface area contributed by atoms with Crippen LogP contribution in [-0.2, 0) is 0 Å².